The van der Waals surface area contributed by atoms with Gasteiger partial charge in [0, 0.05) is 42.1 Å². The lowest BCUT2D eigenvalue weighted by Gasteiger charge is -2.44. The Morgan fingerprint density at radius 1 is 1.17 bits per heavy atom. The minimum absolute atomic E-state index is 0.0504. The number of rotatable bonds is 4. The zero-order valence-electron chi connectivity index (χ0n) is 16.6. The summed E-state index contributed by atoms with van der Waals surface area (Å²) < 4.78 is 23.0. The van der Waals surface area contributed by atoms with Crippen LogP contribution in [0.15, 0.2) is 36.4 Å². The summed E-state index contributed by atoms with van der Waals surface area (Å²) in [7, 11) is 3.17. The SMILES string of the molecule is COc1cccc(CC(=O)N2CCC3(CC2)OCc2cc(Cl)ccc2O3)c1OC. The van der Waals surface area contributed by atoms with Crippen LogP contribution in [0.1, 0.15) is 24.0 Å². The molecule has 2 heterocycles. The number of methoxy groups -OCH3 is 2. The maximum absolute atomic E-state index is 12.9. The van der Waals surface area contributed by atoms with Gasteiger partial charge in [0.25, 0.3) is 0 Å². The summed E-state index contributed by atoms with van der Waals surface area (Å²) in [5, 5.41) is 0.667. The molecule has 2 aliphatic heterocycles. The molecule has 1 saturated heterocycles. The van der Waals surface area contributed by atoms with E-state index in [-0.39, 0.29) is 12.3 Å². The Morgan fingerprint density at radius 2 is 1.97 bits per heavy atom. The van der Waals surface area contributed by atoms with Gasteiger partial charge in [-0.2, -0.15) is 0 Å². The first kappa shape index (κ1) is 19.9. The zero-order valence-corrected chi connectivity index (χ0v) is 17.3. The van der Waals surface area contributed by atoms with Crippen LogP contribution in [-0.2, 0) is 22.6 Å². The maximum Gasteiger partial charge on any atom is 0.227 e. The normalized spacial score (nSPS) is 17.4. The van der Waals surface area contributed by atoms with Crippen molar-refractivity contribution in [3.8, 4) is 17.2 Å². The van der Waals surface area contributed by atoms with Crippen molar-refractivity contribution in [2.24, 2.45) is 0 Å². The Kier molecular flexibility index (Phi) is 5.56. The van der Waals surface area contributed by atoms with Gasteiger partial charge in [-0.05, 0) is 24.3 Å². The summed E-state index contributed by atoms with van der Waals surface area (Å²) >= 11 is 6.04. The number of para-hydroxylation sites is 1. The van der Waals surface area contributed by atoms with Crippen molar-refractivity contribution in [3.63, 3.8) is 0 Å². The molecule has 0 aromatic heterocycles. The van der Waals surface area contributed by atoms with Gasteiger partial charge in [-0.25, -0.2) is 0 Å². The molecule has 0 saturated carbocycles. The first-order chi connectivity index (χ1) is 14.0. The molecule has 29 heavy (non-hydrogen) atoms. The second-order valence-corrected chi connectivity index (χ2v) is 7.70. The molecule has 0 aliphatic carbocycles. The molecule has 1 amide bonds. The van der Waals surface area contributed by atoms with Crippen LogP contribution < -0.4 is 14.2 Å². The molecule has 0 radical (unpaired) electrons. The van der Waals surface area contributed by atoms with E-state index >= 15 is 0 Å². The van der Waals surface area contributed by atoms with Gasteiger partial charge in [-0.3, -0.25) is 4.79 Å². The molecule has 154 valence electrons. The quantitative estimate of drug-likeness (QED) is 0.756. The fourth-order valence-electron chi connectivity index (χ4n) is 3.91. The van der Waals surface area contributed by atoms with E-state index in [0.29, 0.717) is 49.1 Å². The van der Waals surface area contributed by atoms with Gasteiger partial charge < -0.3 is 23.8 Å². The van der Waals surface area contributed by atoms with Crippen LogP contribution >= 0.6 is 11.6 Å². The highest BCUT2D eigenvalue weighted by molar-refractivity contribution is 6.30. The van der Waals surface area contributed by atoms with Crippen molar-refractivity contribution in [1.82, 2.24) is 4.90 Å². The standard InChI is InChI=1S/C22H24ClNO5/c1-26-19-5-3-4-15(21(19)27-2)13-20(25)24-10-8-22(9-11-24)28-14-16-12-17(23)6-7-18(16)29-22/h3-7,12H,8-11,13-14H2,1-2H3. The molecule has 0 unspecified atom stereocenters. The number of likely N-dealkylation sites (tertiary alicyclic amines) is 1. The molecule has 0 atom stereocenters. The number of carbonyl (C=O) groups is 1. The van der Waals surface area contributed by atoms with E-state index in [1.54, 1.807) is 14.2 Å². The van der Waals surface area contributed by atoms with Crippen molar-refractivity contribution in [2.45, 2.75) is 31.7 Å². The minimum atomic E-state index is -0.675. The summed E-state index contributed by atoms with van der Waals surface area (Å²) in [4.78, 5) is 14.7. The number of fused-ring (bicyclic) bond motifs is 1. The third-order valence-electron chi connectivity index (χ3n) is 5.51. The highest BCUT2D eigenvalue weighted by Gasteiger charge is 2.41. The molecule has 1 spiro atoms. The average Bonchev–Trinajstić information content (AvgIpc) is 2.74. The number of benzene rings is 2. The second kappa shape index (κ2) is 8.13. The molecule has 2 aromatic rings. The Morgan fingerprint density at radius 3 is 2.69 bits per heavy atom. The van der Waals surface area contributed by atoms with Crippen LogP contribution in [0.4, 0.5) is 0 Å². The van der Waals surface area contributed by atoms with Gasteiger partial charge in [0.2, 0.25) is 11.7 Å². The Hall–Kier alpha value is -2.44. The van der Waals surface area contributed by atoms with Crippen molar-refractivity contribution >= 4 is 17.5 Å². The lowest BCUT2D eigenvalue weighted by molar-refractivity contribution is -0.227. The van der Waals surface area contributed by atoms with Crippen LogP contribution in [0, 0.1) is 0 Å². The van der Waals surface area contributed by atoms with Gasteiger partial charge in [0.05, 0.1) is 27.2 Å². The summed E-state index contributed by atoms with van der Waals surface area (Å²) in [6.45, 7) is 1.62. The highest BCUT2D eigenvalue weighted by atomic mass is 35.5. The van der Waals surface area contributed by atoms with Crippen LogP contribution in [-0.4, -0.2) is 43.9 Å². The minimum Gasteiger partial charge on any atom is -0.493 e. The molecule has 4 rings (SSSR count). The number of carbonyl (C=O) groups excluding carboxylic acids is 1. The fourth-order valence-corrected chi connectivity index (χ4v) is 4.11. The van der Waals surface area contributed by atoms with E-state index in [1.165, 1.54) is 0 Å². The molecule has 7 heteroatoms. The topological polar surface area (TPSA) is 57.2 Å². The van der Waals surface area contributed by atoms with Crippen LogP contribution in [0.2, 0.25) is 5.02 Å². The monoisotopic (exact) mass is 417 g/mol. The number of hydrogen-bond acceptors (Lipinski definition) is 5. The van der Waals surface area contributed by atoms with E-state index in [4.69, 9.17) is 30.5 Å². The number of piperidine rings is 1. The lowest BCUT2D eigenvalue weighted by atomic mass is 10.00. The summed E-state index contributed by atoms with van der Waals surface area (Å²) in [6, 6.07) is 11.1. The molecule has 2 aromatic carbocycles. The van der Waals surface area contributed by atoms with Crippen molar-refractivity contribution < 1.29 is 23.7 Å². The fraction of sp³-hybridized carbons (Fsp3) is 0.409. The summed E-state index contributed by atoms with van der Waals surface area (Å²) in [5.41, 5.74) is 1.76. The lowest BCUT2D eigenvalue weighted by Crippen LogP contribution is -2.52. The zero-order chi connectivity index (χ0) is 20.4. The average molecular weight is 418 g/mol. The number of nitrogens with zero attached hydrogens (tertiary/aromatic N) is 1. The van der Waals surface area contributed by atoms with Crippen LogP contribution in [0.3, 0.4) is 0 Å². The summed E-state index contributed by atoms with van der Waals surface area (Å²) in [5.74, 6) is 1.41. The largest absolute Gasteiger partial charge is 0.493 e. The van der Waals surface area contributed by atoms with Gasteiger partial charge >= 0.3 is 0 Å². The predicted octanol–water partition coefficient (Wildman–Crippen LogP) is 3.83. The maximum atomic E-state index is 12.9. The number of amides is 1. The van der Waals surface area contributed by atoms with E-state index in [9.17, 15) is 4.79 Å². The van der Waals surface area contributed by atoms with Crippen LogP contribution in [0.5, 0.6) is 17.2 Å². The number of ether oxygens (including phenoxy) is 4. The molecule has 1 fully saturated rings. The molecule has 0 N–H and O–H groups in total. The van der Waals surface area contributed by atoms with Crippen molar-refractivity contribution in [2.75, 3.05) is 27.3 Å². The van der Waals surface area contributed by atoms with Gasteiger partial charge in [-0.1, -0.05) is 23.7 Å². The van der Waals surface area contributed by atoms with E-state index in [2.05, 4.69) is 0 Å². The first-order valence-electron chi connectivity index (χ1n) is 9.62. The molecular weight excluding hydrogens is 394 g/mol. The Balaban J connectivity index is 1.40. The molecular formula is C22H24ClNO5. The Bertz CT molecular complexity index is 908. The Labute approximate surface area is 175 Å². The summed E-state index contributed by atoms with van der Waals surface area (Å²) in [6.07, 6.45) is 1.50. The third-order valence-corrected chi connectivity index (χ3v) is 5.75. The van der Waals surface area contributed by atoms with E-state index in [1.807, 2.05) is 41.3 Å². The highest BCUT2D eigenvalue weighted by Crippen LogP contribution is 2.38. The number of hydrogen-bond donors (Lipinski definition) is 0. The van der Waals surface area contributed by atoms with Gasteiger partial charge in [0.1, 0.15) is 5.75 Å². The first-order valence-corrected chi connectivity index (χ1v) is 10.0. The van der Waals surface area contributed by atoms with Gasteiger partial charge in [0.15, 0.2) is 11.5 Å². The van der Waals surface area contributed by atoms with Crippen molar-refractivity contribution in [1.29, 1.82) is 0 Å². The van der Waals surface area contributed by atoms with Crippen LogP contribution in [0.25, 0.3) is 0 Å². The van der Waals surface area contributed by atoms with Crippen molar-refractivity contribution in [3.05, 3.63) is 52.5 Å². The predicted molar refractivity (Wildman–Crippen MR) is 109 cm³/mol. The third kappa shape index (κ3) is 4.00. The second-order valence-electron chi connectivity index (χ2n) is 7.26. The molecule has 2 aliphatic rings. The smallest absolute Gasteiger partial charge is 0.227 e. The van der Waals surface area contributed by atoms with E-state index < -0.39 is 5.79 Å². The van der Waals surface area contributed by atoms with Gasteiger partial charge in [-0.15, -0.1) is 0 Å². The molecule has 0 bridgehead atoms. The van der Waals surface area contributed by atoms with E-state index in [0.717, 1.165) is 16.9 Å². The molecule has 6 nitrogen and oxygen atoms in total. The number of halogens is 1.